The molecule has 22 heavy (non-hydrogen) atoms. The minimum Gasteiger partial charge on any atom is -0.469 e. The molecule has 0 amide bonds. The molecule has 6 heteroatoms. The highest BCUT2D eigenvalue weighted by Gasteiger charge is 2.10. The second-order valence-corrected chi connectivity index (χ2v) is 5.00. The van der Waals surface area contributed by atoms with Crippen molar-refractivity contribution in [3.8, 4) is 5.88 Å². The lowest BCUT2D eigenvalue weighted by Gasteiger charge is -2.07. The van der Waals surface area contributed by atoms with Gasteiger partial charge in [0.15, 0.2) is 12.4 Å². The maximum atomic E-state index is 12.8. The predicted molar refractivity (Wildman–Crippen MR) is 80.8 cm³/mol. The molecule has 2 aromatic carbocycles. The lowest BCUT2D eigenvalue weighted by atomic mass is 10.1. The van der Waals surface area contributed by atoms with Crippen LogP contribution in [0.4, 0.5) is 4.39 Å². The van der Waals surface area contributed by atoms with Gasteiger partial charge in [0.05, 0.1) is 10.9 Å². The summed E-state index contributed by atoms with van der Waals surface area (Å²) in [6.45, 7) is -0.194. The molecular weight excluding hydrogens is 307 g/mol. The quantitative estimate of drug-likeness (QED) is 0.689. The van der Waals surface area contributed by atoms with Crippen molar-refractivity contribution in [1.29, 1.82) is 0 Å². The zero-order chi connectivity index (χ0) is 15.5. The van der Waals surface area contributed by atoms with Gasteiger partial charge in [-0.25, -0.2) is 14.4 Å². The molecule has 0 aliphatic carbocycles. The zero-order valence-electron chi connectivity index (χ0n) is 11.3. The lowest BCUT2D eigenvalue weighted by Crippen LogP contribution is -2.12. The molecule has 0 aliphatic heterocycles. The van der Waals surface area contributed by atoms with Crippen LogP contribution in [0.5, 0.6) is 5.88 Å². The number of Topliss-reactive ketones (excluding diaryl/α,β-unsaturated/α-hetero) is 1. The van der Waals surface area contributed by atoms with Crippen molar-refractivity contribution in [2.45, 2.75) is 0 Å². The van der Waals surface area contributed by atoms with Crippen LogP contribution in [0.25, 0.3) is 10.9 Å². The van der Waals surface area contributed by atoms with E-state index in [-0.39, 0.29) is 12.4 Å². The summed E-state index contributed by atoms with van der Waals surface area (Å²) in [4.78, 5) is 20.1. The minimum atomic E-state index is -0.392. The van der Waals surface area contributed by atoms with Crippen LogP contribution in [0.3, 0.4) is 0 Å². The Morgan fingerprint density at radius 2 is 1.91 bits per heavy atom. The number of halogens is 2. The normalized spacial score (nSPS) is 10.6. The Labute approximate surface area is 130 Å². The second kappa shape index (κ2) is 6.07. The zero-order valence-corrected chi connectivity index (χ0v) is 12.0. The second-order valence-electron chi connectivity index (χ2n) is 4.56. The van der Waals surface area contributed by atoms with Crippen LogP contribution < -0.4 is 4.74 Å². The van der Waals surface area contributed by atoms with E-state index in [0.717, 1.165) is 0 Å². The van der Waals surface area contributed by atoms with Crippen molar-refractivity contribution < 1.29 is 13.9 Å². The molecule has 4 nitrogen and oxygen atoms in total. The molecule has 0 fully saturated rings. The highest BCUT2D eigenvalue weighted by atomic mass is 35.5. The Hall–Kier alpha value is -2.53. The Kier molecular flexibility index (Phi) is 3.98. The number of aromatic nitrogens is 2. The summed E-state index contributed by atoms with van der Waals surface area (Å²) in [6, 6.07) is 10.4. The first-order chi connectivity index (χ1) is 10.6. The van der Waals surface area contributed by atoms with Gasteiger partial charge in [0.25, 0.3) is 0 Å². The van der Waals surface area contributed by atoms with Gasteiger partial charge in [0, 0.05) is 10.6 Å². The Morgan fingerprint density at radius 3 is 2.68 bits per heavy atom. The van der Waals surface area contributed by atoms with E-state index in [0.29, 0.717) is 27.4 Å². The van der Waals surface area contributed by atoms with Gasteiger partial charge in [0.1, 0.15) is 12.1 Å². The first-order valence-electron chi connectivity index (χ1n) is 6.45. The number of carbonyl (C=O) groups excluding carboxylic acids is 1. The molecule has 0 spiro atoms. The van der Waals surface area contributed by atoms with E-state index in [1.165, 1.54) is 30.6 Å². The van der Waals surface area contributed by atoms with Crippen LogP contribution in [0.2, 0.25) is 5.02 Å². The summed E-state index contributed by atoms with van der Waals surface area (Å²) in [5, 5.41) is 1.22. The molecule has 0 saturated carbocycles. The molecule has 0 N–H and O–H groups in total. The van der Waals surface area contributed by atoms with Gasteiger partial charge >= 0.3 is 0 Å². The first-order valence-corrected chi connectivity index (χ1v) is 6.83. The van der Waals surface area contributed by atoms with Gasteiger partial charge in [-0.15, -0.1) is 0 Å². The molecule has 0 bridgehead atoms. The van der Waals surface area contributed by atoms with Crippen molar-refractivity contribution in [3.05, 3.63) is 65.2 Å². The van der Waals surface area contributed by atoms with Crippen molar-refractivity contribution in [1.82, 2.24) is 9.97 Å². The highest BCUT2D eigenvalue weighted by Crippen LogP contribution is 2.24. The number of hydrogen-bond acceptors (Lipinski definition) is 4. The van der Waals surface area contributed by atoms with Crippen LogP contribution >= 0.6 is 11.6 Å². The third-order valence-electron chi connectivity index (χ3n) is 3.07. The van der Waals surface area contributed by atoms with Crippen LogP contribution in [0.15, 0.2) is 48.8 Å². The standard InChI is InChI=1S/C16H10ClFN2O2/c17-11-3-6-13-14(7-11)19-9-20-16(13)22-8-15(21)10-1-4-12(18)5-2-10/h1-7,9H,8H2. The summed E-state index contributed by atoms with van der Waals surface area (Å²) >= 11 is 5.91. The number of carbonyl (C=O) groups is 1. The highest BCUT2D eigenvalue weighted by molar-refractivity contribution is 6.31. The molecule has 110 valence electrons. The SMILES string of the molecule is O=C(COc1ncnc2cc(Cl)ccc12)c1ccc(F)cc1. The number of ether oxygens (including phenoxy) is 1. The van der Waals surface area contributed by atoms with Crippen molar-refractivity contribution in [2.24, 2.45) is 0 Å². The topological polar surface area (TPSA) is 52.1 Å². The fourth-order valence-electron chi connectivity index (χ4n) is 1.97. The third kappa shape index (κ3) is 3.04. The molecule has 0 atom stereocenters. The Balaban J connectivity index is 1.79. The molecule has 0 unspecified atom stereocenters. The summed E-state index contributed by atoms with van der Waals surface area (Å²) in [5.74, 6) is -0.353. The smallest absolute Gasteiger partial charge is 0.224 e. The number of benzene rings is 2. The maximum absolute atomic E-state index is 12.8. The molecule has 0 radical (unpaired) electrons. The van der Waals surface area contributed by atoms with E-state index in [4.69, 9.17) is 16.3 Å². The van der Waals surface area contributed by atoms with Crippen molar-refractivity contribution in [3.63, 3.8) is 0 Å². The van der Waals surface area contributed by atoms with Crippen molar-refractivity contribution in [2.75, 3.05) is 6.61 Å². The number of hydrogen-bond donors (Lipinski definition) is 0. The largest absolute Gasteiger partial charge is 0.469 e. The maximum Gasteiger partial charge on any atom is 0.224 e. The van der Waals surface area contributed by atoms with Gasteiger partial charge in [-0.05, 0) is 42.5 Å². The van der Waals surface area contributed by atoms with Gasteiger partial charge < -0.3 is 4.74 Å². The van der Waals surface area contributed by atoms with Crippen LogP contribution in [0.1, 0.15) is 10.4 Å². The monoisotopic (exact) mass is 316 g/mol. The van der Waals surface area contributed by atoms with E-state index < -0.39 is 5.82 Å². The number of rotatable bonds is 4. The summed E-state index contributed by atoms with van der Waals surface area (Å²) in [7, 11) is 0. The summed E-state index contributed by atoms with van der Waals surface area (Å²) in [6.07, 6.45) is 1.34. The van der Waals surface area contributed by atoms with Gasteiger partial charge in [0.2, 0.25) is 5.88 Å². The minimum absolute atomic E-state index is 0.194. The molecule has 0 aliphatic rings. The van der Waals surface area contributed by atoms with E-state index >= 15 is 0 Å². The fraction of sp³-hybridized carbons (Fsp3) is 0.0625. The average Bonchev–Trinajstić information content (AvgIpc) is 2.52. The Morgan fingerprint density at radius 1 is 1.14 bits per heavy atom. The number of fused-ring (bicyclic) bond motifs is 1. The van der Waals surface area contributed by atoms with Crippen LogP contribution in [0, 0.1) is 5.82 Å². The van der Waals surface area contributed by atoms with E-state index in [1.54, 1.807) is 18.2 Å². The average molecular weight is 317 g/mol. The van der Waals surface area contributed by atoms with Gasteiger partial charge in [-0.2, -0.15) is 0 Å². The summed E-state index contributed by atoms with van der Waals surface area (Å²) in [5.41, 5.74) is 1.01. The van der Waals surface area contributed by atoms with Crippen molar-refractivity contribution >= 4 is 28.3 Å². The number of ketones is 1. The van der Waals surface area contributed by atoms with E-state index in [1.807, 2.05) is 0 Å². The van der Waals surface area contributed by atoms with E-state index in [2.05, 4.69) is 9.97 Å². The molecule has 3 aromatic rings. The number of nitrogens with zero attached hydrogens (tertiary/aromatic N) is 2. The summed E-state index contributed by atoms with van der Waals surface area (Å²) < 4.78 is 18.3. The van der Waals surface area contributed by atoms with Gasteiger partial charge in [-0.3, -0.25) is 4.79 Å². The fourth-order valence-corrected chi connectivity index (χ4v) is 2.14. The van der Waals surface area contributed by atoms with Crippen LogP contribution in [-0.4, -0.2) is 22.4 Å². The molecule has 0 saturated heterocycles. The predicted octanol–water partition coefficient (Wildman–Crippen LogP) is 3.68. The first kappa shape index (κ1) is 14.4. The van der Waals surface area contributed by atoms with Gasteiger partial charge in [-0.1, -0.05) is 11.6 Å². The molecule has 3 rings (SSSR count). The lowest BCUT2D eigenvalue weighted by molar-refractivity contribution is 0.0919. The molecule has 1 aromatic heterocycles. The molecule has 1 heterocycles. The van der Waals surface area contributed by atoms with E-state index in [9.17, 15) is 9.18 Å². The molecular formula is C16H10ClFN2O2. The Bertz CT molecular complexity index is 837. The third-order valence-corrected chi connectivity index (χ3v) is 3.30. The van der Waals surface area contributed by atoms with Crippen LogP contribution in [-0.2, 0) is 0 Å².